The van der Waals surface area contributed by atoms with Crippen molar-refractivity contribution >= 4 is 17.2 Å². The van der Waals surface area contributed by atoms with Gasteiger partial charge in [0.25, 0.3) is 5.56 Å². The second-order valence-corrected chi connectivity index (χ2v) is 2.58. The molecule has 0 saturated heterocycles. The Balaban J connectivity index is 2.62. The van der Waals surface area contributed by atoms with E-state index in [0.717, 1.165) is 17.3 Å². The number of carbonyl (C=O) groups is 1. The molecule has 0 fully saturated rings. The molecule has 0 radical (unpaired) electrons. The van der Waals surface area contributed by atoms with Crippen LogP contribution in [0.1, 0.15) is 0 Å². The summed E-state index contributed by atoms with van der Waals surface area (Å²) < 4.78 is 5.71. The Bertz CT molecular complexity index is 541. The van der Waals surface area contributed by atoms with Gasteiger partial charge in [-0.3, -0.25) is 14.2 Å². The van der Waals surface area contributed by atoms with Crippen molar-refractivity contribution in [1.82, 2.24) is 14.5 Å². The Morgan fingerprint density at radius 3 is 3.07 bits per heavy atom. The van der Waals surface area contributed by atoms with Gasteiger partial charge in [0.15, 0.2) is 6.39 Å². The maximum absolute atomic E-state index is 11.5. The van der Waals surface area contributed by atoms with Crippen molar-refractivity contribution < 1.29 is 14.3 Å². The van der Waals surface area contributed by atoms with Crippen molar-refractivity contribution in [2.45, 2.75) is 6.54 Å². The fourth-order valence-electron chi connectivity index (χ4n) is 1.04. The zero-order chi connectivity index (χ0) is 10.1. The third-order valence-electron chi connectivity index (χ3n) is 1.63. The van der Waals surface area contributed by atoms with E-state index in [2.05, 4.69) is 9.97 Å². The molecule has 0 unspecified atom stereocenters. The second kappa shape index (κ2) is 2.95. The molecule has 72 valence electrons. The highest BCUT2D eigenvalue weighted by Gasteiger charge is 2.09. The van der Waals surface area contributed by atoms with Gasteiger partial charge in [0.1, 0.15) is 12.9 Å². The van der Waals surface area contributed by atoms with Crippen LogP contribution in [0.15, 0.2) is 21.9 Å². The Hall–Kier alpha value is -2.18. The molecule has 0 aliphatic carbocycles. The third-order valence-corrected chi connectivity index (χ3v) is 1.63. The number of oxazole rings is 1. The van der Waals surface area contributed by atoms with Crippen LogP contribution in [0, 0.1) is 0 Å². The predicted molar refractivity (Wildman–Crippen MR) is 43.7 cm³/mol. The molecule has 0 amide bonds. The molecule has 14 heavy (non-hydrogen) atoms. The second-order valence-electron chi connectivity index (χ2n) is 2.58. The number of rotatable bonds is 2. The van der Waals surface area contributed by atoms with Gasteiger partial charge in [-0.2, -0.15) is 4.98 Å². The first-order chi connectivity index (χ1) is 6.68. The largest absolute Gasteiger partial charge is 0.480 e. The summed E-state index contributed by atoms with van der Waals surface area (Å²) >= 11 is 0. The van der Waals surface area contributed by atoms with E-state index in [-0.39, 0.29) is 11.2 Å². The molecule has 0 bridgehead atoms. The lowest BCUT2D eigenvalue weighted by Gasteiger charge is -1.98. The van der Waals surface area contributed by atoms with Gasteiger partial charge in [-0.15, -0.1) is 0 Å². The highest BCUT2D eigenvalue weighted by atomic mass is 16.4. The van der Waals surface area contributed by atoms with Crippen LogP contribution >= 0.6 is 0 Å². The average molecular weight is 195 g/mol. The first-order valence-electron chi connectivity index (χ1n) is 3.69. The van der Waals surface area contributed by atoms with E-state index in [1.165, 1.54) is 0 Å². The van der Waals surface area contributed by atoms with Crippen LogP contribution in [0.3, 0.4) is 0 Å². The molecule has 0 atom stereocenters. The molecule has 2 heterocycles. The number of fused-ring (bicyclic) bond motifs is 1. The maximum atomic E-state index is 11.5. The van der Waals surface area contributed by atoms with Gasteiger partial charge in [-0.25, -0.2) is 4.98 Å². The predicted octanol–water partition coefficient (Wildman–Crippen LogP) is -0.531. The highest BCUT2D eigenvalue weighted by molar-refractivity contribution is 5.68. The number of hydrogen-bond donors (Lipinski definition) is 1. The van der Waals surface area contributed by atoms with E-state index < -0.39 is 18.1 Å². The van der Waals surface area contributed by atoms with E-state index in [9.17, 15) is 9.59 Å². The summed E-state index contributed by atoms with van der Waals surface area (Å²) in [5, 5.41) is 8.48. The van der Waals surface area contributed by atoms with Crippen LogP contribution < -0.4 is 5.56 Å². The first kappa shape index (κ1) is 8.42. The molecule has 0 saturated carbocycles. The van der Waals surface area contributed by atoms with Crippen molar-refractivity contribution in [2.75, 3.05) is 0 Å². The Morgan fingerprint density at radius 1 is 1.57 bits per heavy atom. The Kier molecular flexibility index (Phi) is 1.77. The molecule has 2 aromatic heterocycles. The summed E-state index contributed by atoms with van der Waals surface area (Å²) in [6.45, 7) is -0.442. The number of aromatic nitrogens is 3. The topological polar surface area (TPSA) is 98.2 Å². The van der Waals surface area contributed by atoms with Gasteiger partial charge in [0.2, 0.25) is 11.2 Å². The molecular formula is C7H5N3O4. The normalized spacial score (nSPS) is 10.6. The van der Waals surface area contributed by atoms with E-state index in [1.807, 2.05) is 0 Å². The first-order valence-corrected chi connectivity index (χ1v) is 3.69. The van der Waals surface area contributed by atoms with Gasteiger partial charge >= 0.3 is 5.97 Å². The van der Waals surface area contributed by atoms with Crippen molar-refractivity contribution in [3.8, 4) is 0 Å². The van der Waals surface area contributed by atoms with Gasteiger partial charge in [0, 0.05) is 0 Å². The zero-order valence-corrected chi connectivity index (χ0v) is 6.88. The molecule has 2 aromatic rings. The minimum Gasteiger partial charge on any atom is -0.480 e. The van der Waals surface area contributed by atoms with Crippen molar-refractivity contribution in [3.63, 3.8) is 0 Å². The third kappa shape index (κ3) is 1.24. The Morgan fingerprint density at radius 2 is 2.36 bits per heavy atom. The average Bonchev–Trinajstić information content (AvgIpc) is 2.57. The fraction of sp³-hybridized carbons (Fsp3) is 0.143. The van der Waals surface area contributed by atoms with Crippen LogP contribution in [-0.2, 0) is 11.3 Å². The highest BCUT2D eigenvalue weighted by Crippen LogP contribution is 2.01. The lowest BCUT2D eigenvalue weighted by molar-refractivity contribution is -0.137. The monoisotopic (exact) mass is 195 g/mol. The number of aliphatic carboxylic acids is 1. The SMILES string of the molecule is O=C(O)Cn1cnc2ncoc2c1=O. The number of nitrogens with zero attached hydrogens (tertiary/aromatic N) is 3. The standard InChI is InChI=1S/C7H5N3O4/c11-4(12)1-10-2-8-6-5(7(10)13)14-3-9-6/h2-3H,1H2,(H,11,12). The Labute approximate surface area is 76.6 Å². The molecule has 2 rings (SSSR count). The smallest absolute Gasteiger partial charge is 0.323 e. The fourth-order valence-corrected chi connectivity index (χ4v) is 1.04. The molecule has 0 aromatic carbocycles. The minimum absolute atomic E-state index is 0.0336. The van der Waals surface area contributed by atoms with E-state index in [4.69, 9.17) is 9.52 Å². The van der Waals surface area contributed by atoms with Crippen LogP contribution in [-0.4, -0.2) is 25.6 Å². The van der Waals surface area contributed by atoms with E-state index in [0.29, 0.717) is 0 Å². The summed E-state index contributed by atoms with van der Waals surface area (Å²) in [7, 11) is 0. The van der Waals surface area contributed by atoms with Crippen LogP contribution in [0.25, 0.3) is 11.2 Å². The van der Waals surface area contributed by atoms with Crippen LogP contribution in [0.5, 0.6) is 0 Å². The van der Waals surface area contributed by atoms with Crippen molar-refractivity contribution in [1.29, 1.82) is 0 Å². The van der Waals surface area contributed by atoms with Gasteiger partial charge in [-0.1, -0.05) is 0 Å². The molecule has 7 heteroatoms. The summed E-state index contributed by atoms with van der Waals surface area (Å²) in [6, 6.07) is 0. The minimum atomic E-state index is -1.12. The molecule has 0 aliphatic rings. The quantitative estimate of drug-likeness (QED) is 0.691. The van der Waals surface area contributed by atoms with Crippen molar-refractivity contribution in [3.05, 3.63) is 23.1 Å². The maximum Gasteiger partial charge on any atom is 0.323 e. The number of carboxylic acids is 1. The van der Waals surface area contributed by atoms with E-state index in [1.54, 1.807) is 0 Å². The summed E-state index contributed by atoms with van der Waals surface area (Å²) in [6.07, 6.45) is 2.21. The molecule has 0 aliphatic heterocycles. The van der Waals surface area contributed by atoms with Crippen LogP contribution in [0.4, 0.5) is 0 Å². The summed E-state index contributed by atoms with van der Waals surface area (Å²) in [5.41, 5.74) is -0.403. The molecular weight excluding hydrogens is 190 g/mol. The summed E-state index contributed by atoms with van der Waals surface area (Å²) in [4.78, 5) is 29.2. The number of hydrogen-bond acceptors (Lipinski definition) is 5. The number of carboxylic acid groups (broad SMARTS) is 1. The molecule has 7 nitrogen and oxygen atoms in total. The van der Waals surface area contributed by atoms with Crippen molar-refractivity contribution in [2.24, 2.45) is 0 Å². The lowest BCUT2D eigenvalue weighted by Crippen LogP contribution is -2.23. The van der Waals surface area contributed by atoms with Gasteiger partial charge in [0.05, 0.1) is 0 Å². The molecule has 1 N–H and O–H groups in total. The summed E-state index contributed by atoms with van der Waals surface area (Å²) in [5.74, 6) is -1.12. The van der Waals surface area contributed by atoms with Gasteiger partial charge < -0.3 is 9.52 Å². The zero-order valence-electron chi connectivity index (χ0n) is 6.88. The van der Waals surface area contributed by atoms with E-state index >= 15 is 0 Å². The van der Waals surface area contributed by atoms with Gasteiger partial charge in [-0.05, 0) is 0 Å². The van der Waals surface area contributed by atoms with Crippen LogP contribution in [0.2, 0.25) is 0 Å². The molecule has 0 spiro atoms. The lowest BCUT2D eigenvalue weighted by atomic mass is 10.5.